The molecule has 0 unspecified atom stereocenters. The van der Waals surface area contributed by atoms with E-state index in [-0.39, 0.29) is 22.6 Å². The second-order valence-corrected chi connectivity index (χ2v) is 8.80. The van der Waals surface area contributed by atoms with E-state index in [1.807, 2.05) is 38.1 Å². The number of benzene rings is 2. The number of halogens is 1. The lowest BCUT2D eigenvalue weighted by atomic mass is 10.2. The highest BCUT2D eigenvalue weighted by atomic mass is 35.5. The Kier molecular flexibility index (Phi) is 7.82. The predicted octanol–water partition coefficient (Wildman–Crippen LogP) is 5.07. The Morgan fingerprint density at radius 1 is 1.25 bits per heavy atom. The Labute approximate surface area is 195 Å². The minimum absolute atomic E-state index is 0.127. The number of carboxylic acids is 1. The molecule has 0 aliphatic carbocycles. The number of amides is 1. The molecular formula is C23H23ClN2O5S. The van der Waals surface area contributed by atoms with E-state index in [0.29, 0.717) is 22.2 Å². The predicted molar refractivity (Wildman–Crippen MR) is 127 cm³/mol. The molecule has 3 rings (SSSR count). The van der Waals surface area contributed by atoms with Gasteiger partial charge in [0.05, 0.1) is 22.7 Å². The monoisotopic (exact) mass is 474 g/mol. The molecule has 0 bridgehead atoms. The van der Waals surface area contributed by atoms with Crippen molar-refractivity contribution in [2.24, 2.45) is 10.9 Å². The molecule has 168 valence electrons. The van der Waals surface area contributed by atoms with Crippen LogP contribution in [0.4, 0.5) is 5.69 Å². The summed E-state index contributed by atoms with van der Waals surface area (Å²) in [4.78, 5) is 30.6. The molecular weight excluding hydrogens is 452 g/mol. The molecule has 0 atom stereocenters. The fraction of sp³-hybridized carbons (Fsp3) is 0.261. The van der Waals surface area contributed by atoms with Gasteiger partial charge in [0.2, 0.25) is 0 Å². The molecule has 2 aromatic rings. The number of hydrogen-bond acceptors (Lipinski definition) is 6. The maximum atomic E-state index is 13.1. The standard InChI is InChI=1S/C23H23ClN2O5S/c1-14(2)12-26-22(29)20(32-23(26)25-16-5-7-17(30-3)8-6-16)11-15-4-9-19(18(24)10-15)31-13-21(27)28/h4-11,14H,12-13H2,1-3H3,(H,27,28). The summed E-state index contributed by atoms with van der Waals surface area (Å²) in [5.74, 6) is 0.0497. The lowest BCUT2D eigenvalue weighted by Gasteiger charge is -2.17. The molecule has 32 heavy (non-hydrogen) atoms. The van der Waals surface area contributed by atoms with Gasteiger partial charge >= 0.3 is 5.97 Å². The van der Waals surface area contributed by atoms with Crippen LogP contribution in [0.1, 0.15) is 19.4 Å². The van der Waals surface area contributed by atoms with Crippen LogP contribution in [0.3, 0.4) is 0 Å². The van der Waals surface area contributed by atoms with Gasteiger partial charge in [-0.1, -0.05) is 31.5 Å². The molecule has 1 N–H and O–H groups in total. The van der Waals surface area contributed by atoms with Crippen molar-refractivity contribution in [3.05, 3.63) is 58.0 Å². The number of thioether (sulfide) groups is 1. The molecule has 1 fully saturated rings. The van der Waals surface area contributed by atoms with Crippen LogP contribution in [-0.4, -0.2) is 47.3 Å². The molecule has 0 spiro atoms. The fourth-order valence-corrected chi connectivity index (χ4v) is 4.15. The number of carbonyl (C=O) groups is 2. The minimum atomic E-state index is -1.09. The van der Waals surface area contributed by atoms with Crippen molar-refractivity contribution < 1.29 is 24.2 Å². The Bertz CT molecular complexity index is 1070. The molecule has 1 aliphatic rings. The van der Waals surface area contributed by atoms with Gasteiger partial charge in [-0.05, 0) is 65.7 Å². The Morgan fingerprint density at radius 2 is 1.97 bits per heavy atom. The summed E-state index contributed by atoms with van der Waals surface area (Å²) in [6.07, 6.45) is 1.74. The number of nitrogens with zero attached hydrogens (tertiary/aromatic N) is 2. The molecule has 0 radical (unpaired) electrons. The maximum Gasteiger partial charge on any atom is 0.341 e. The number of carbonyl (C=O) groups excluding carboxylic acids is 1. The topological polar surface area (TPSA) is 88.4 Å². The van der Waals surface area contributed by atoms with Gasteiger partial charge in [-0.25, -0.2) is 9.79 Å². The van der Waals surface area contributed by atoms with Gasteiger partial charge in [-0.15, -0.1) is 0 Å². The van der Waals surface area contributed by atoms with E-state index < -0.39 is 12.6 Å². The first-order valence-corrected chi connectivity index (χ1v) is 11.0. The summed E-state index contributed by atoms with van der Waals surface area (Å²) >= 11 is 7.51. The third-order valence-corrected chi connectivity index (χ3v) is 5.64. The SMILES string of the molecule is COc1ccc(N=C2SC(=Cc3ccc(OCC(=O)O)c(Cl)c3)C(=O)N2CC(C)C)cc1. The van der Waals surface area contributed by atoms with E-state index in [2.05, 4.69) is 4.99 Å². The largest absolute Gasteiger partial charge is 0.497 e. The minimum Gasteiger partial charge on any atom is -0.497 e. The quantitative estimate of drug-likeness (QED) is 0.537. The summed E-state index contributed by atoms with van der Waals surface area (Å²) in [7, 11) is 1.60. The van der Waals surface area contributed by atoms with Crippen LogP contribution in [0.15, 0.2) is 52.4 Å². The molecule has 0 saturated carbocycles. The van der Waals surface area contributed by atoms with Crippen LogP contribution in [-0.2, 0) is 9.59 Å². The zero-order chi connectivity index (χ0) is 23.3. The lowest BCUT2D eigenvalue weighted by Crippen LogP contribution is -2.32. The van der Waals surface area contributed by atoms with E-state index in [9.17, 15) is 9.59 Å². The van der Waals surface area contributed by atoms with E-state index in [1.165, 1.54) is 11.8 Å². The molecule has 2 aromatic carbocycles. The smallest absolute Gasteiger partial charge is 0.341 e. The van der Waals surface area contributed by atoms with Crippen LogP contribution < -0.4 is 9.47 Å². The van der Waals surface area contributed by atoms with Crippen molar-refractivity contribution in [3.8, 4) is 11.5 Å². The average Bonchev–Trinajstić information content (AvgIpc) is 3.02. The first-order chi connectivity index (χ1) is 15.3. The first kappa shape index (κ1) is 23.7. The van der Waals surface area contributed by atoms with Gasteiger partial charge in [-0.3, -0.25) is 9.69 Å². The van der Waals surface area contributed by atoms with Crippen LogP contribution in [0.5, 0.6) is 11.5 Å². The van der Waals surface area contributed by atoms with Gasteiger partial charge in [0.15, 0.2) is 11.8 Å². The molecule has 9 heteroatoms. The van der Waals surface area contributed by atoms with Crippen molar-refractivity contribution in [1.82, 2.24) is 4.90 Å². The van der Waals surface area contributed by atoms with E-state index in [1.54, 1.807) is 36.3 Å². The lowest BCUT2D eigenvalue weighted by molar-refractivity contribution is -0.139. The van der Waals surface area contributed by atoms with Gasteiger partial charge in [-0.2, -0.15) is 0 Å². The zero-order valence-corrected chi connectivity index (χ0v) is 19.4. The van der Waals surface area contributed by atoms with Gasteiger partial charge in [0.1, 0.15) is 11.5 Å². The molecule has 1 aliphatic heterocycles. The Balaban J connectivity index is 1.87. The first-order valence-electron chi connectivity index (χ1n) is 9.85. The number of ether oxygens (including phenoxy) is 2. The highest BCUT2D eigenvalue weighted by Crippen LogP contribution is 2.36. The van der Waals surface area contributed by atoms with Gasteiger partial charge in [0, 0.05) is 6.54 Å². The second-order valence-electron chi connectivity index (χ2n) is 7.38. The zero-order valence-electron chi connectivity index (χ0n) is 17.9. The van der Waals surface area contributed by atoms with Crippen molar-refractivity contribution in [3.63, 3.8) is 0 Å². The molecule has 1 heterocycles. The van der Waals surface area contributed by atoms with E-state index >= 15 is 0 Å². The van der Waals surface area contributed by atoms with Crippen molar-refractivity contribution in [1.29, 1.82) is 0 Å². The third-order valence-electron chi connectivity index (χ3n) is 4.34. The summed E-state index contributed by atoms with van der Waals surface area (Å²) in [5, 5.41) is 9.61. The third kappa shape index (κ3) is 6.05. The number of methoxy groups -OCH3 is 1. The summed E-state index contributed by atoms with van der Waals surface area (Å²) in [5.41, 5.74) is 1.42. The van der Waals surface area contributed by atoms with Gasteiger partial charge < -0.3 is 14.6 Å². The average molecular weight is 475 g/mol. The number of carboxylic acid groups (broad SMARTS) is 1. The maximum absolute atomic E-state index is 13.1. The summed E-state index contributed by atoms with van der Waals surface area (Å²) < 4.78 is 10.3. The highest BCUT2D eigenvalue weighted by molar-refractivity contribution is 8.18. The van der Waals surface area contributed by atoms with Crippen LogP contribution in [0.2, 0.25) is 5.02 Å². The summed E-state index contributed by atoms with van der Waals surface area (Å²) in [6.45, 7) is 4.14. The van der Waals surface area contributed by atoms with Crippen molar-refractivity contribution in [2.45, 2.75) is 13.8 Å². The second kappa shape index (κ2) is 10.6. The Hall–Kier alpha value is -2.97. The normalized spacial score (nSPS) is 16.3. The molecule has 7 nitrogen and oxygen atoms in total. The fourth-order valence-electron chi connectivity index (χ4n) is 2.90. The van der Waals surface area contributed by atoms with Crippen LogP contribution in [0, 0.1) is 5.92 Å². The molecule has 0 aromatic heterocycles. The van der Waals surface area contributed by atoms with Crippen LogP contribution >= 0.6 is 23.4 Å². The number of aliphatic imine (C=N–C) groups is 1. The molecule has 1 amide bonds. The highest BCUT2D eigenvalue weighted by Gasteiger charge is 2.33. The van der Waals surface area contributed by atoms with E-state index in [4.69, 9.17) is 26.2 Å². The summed E-state index contributed by atoms with van der Waals surface area (Å²) in [6, 6.07) is 12.2. The van der Waals surface area contributed by atoms with Crippen LogP contribution in [0.25, 0.3) is 6.08 Å². The van der Waals surface area contributed by atoms with Crippen molar-refractivity contribution in [2.75, 3.05) is 20.3 Å². The van der Waals surface area contributed by atoms with Gasteiger partial charge in [0.25, 0.3) is 5.91 Å². The number of rotatable bonds is 8. The molecule has 1 saturated heterocycles. The number of amidine groups is 1. The number of aliphatic carboxylic acids is 1. The van der Waals surface area contributed by atoms with Crippen molar-refractivity contribution >= 4 is 52.2 Å². The van der Waals surface area contributed by atoms with E-state index in [0.717, 1.165) is 11.4 Å². The Morgan fingerprint density at radius 3 is 2.56 bits per heavy atom. The number of hydrogen-bond donors (Lipinski definition) is 1.